The Morgan fingerprint density at radius 3 is 2.59 bits per heavy atom. The molecule has 1 atom stereocenters. The summed E-state index contributed by atoms with van der Waals surface area (Å²) in [5.41, 5.74) is 0.439. The highest BCUT2D eigenvalue weighted by Gasteiger charge is 2.25. The molecule has 3 N–H and O–H groups in total. The predicted octanol–water partition coefficient (Wildman–Crippen LogP) is 1.39. The number of rotatable bonds is 4. The molecule has 0 aliphatic carbocycles. The molecular formula is C15H23N3O3S. The Morgan fingerprint density at radius 2 is 2.00 bits per heavy atom. The van der Waals surface area contributed by atoms with Gasteiger partial charge in [-0.1, -0.05) is 13.0 Å². The van der Waals surface area contributed by atoms with Crippen molar-refractivity contribution in [3.8, 4) is 0 Å². The maximum atomic E-state index is 12.3. The van der Waals surface area contributed by atoms with Crippen LogP contribution in [0.4, 0.5) is 5.69 Å². The first-order chi connectivity index (χ1) is 10.3. The monoisotopic (exact) mass is 325 g/mol. The van der Waals surface area contributed by atoms with Gasteiger partial charge < -0.3 is 5.32 Å². The number of hydrogen-bond acceptors (Lipinski definition) is 4. The van der Waals surface area contributed by atoms with Crippen molar-refractivity contribution in [3.63, 3.8) is 0 Å². The zero-order chi connectivity index (χ0) is 16.3. The Balaban J connectivity index is 2.02. The summed E-state index contributed by atoms with van der Waals surface area (Å²) in [6.07, 6.45) is 2.19. The standard InChI is InChI=1S/C15H23N3O3S/c1-11-6-8-18(9-7-11)12(2)15(19)17-13-4-3-5-14(10-13)22(16,20)21/h3-5,10-12H,6-9H2,1-2H3,(H,17,19)(H2,16,20,21)/t12-/m0/s1. The van der Waals surface area contributed by atoms with Gasteiger partial charge in [-0.15, -0.1) is 0 Å². The van der Waals surface area contributed by atoms with E-state index in [0.717, 1.165) is 25.9 Å². The third kappa shape index (κ3) is 4.28. The van der Waals surface area contributed by atoms with Crippen LogP contribution < -0.4 is 10.5 Å². The summed E-state index contributed by atoms with van der Waals surface area (Å²) < 4.78 is 22.7. The van der Waals surface area contributed by atoms with Crippen molar-refractivity contribution < 1.29 is 13.2 Å². The SMILES string of the molecule is CC1CCN([C@@H](C)C(=O)Nc2cccc(S(N)(=O)=O)c2)CC1. The molecule has 1 aromatic carbocycles. The van der Waals surface area contributed by atoms with Crippen molar-refractivity contribution in [2.24, 2.45) is 11.1 Å². The largest absolute Gasteiger partial charge is 0.325 e. The normalized spacial score (nSPS) is 18.9. The number of piperidine rings is 1. The van der Waals surface area contributed by atoms with E-state index in [4.69, 9.17) is 5.14 Å². The number of benzene rings is 1. The van der Waals surface area contributed by atoms with E-state index in [1.807, 2.05) is 6.92 Å². The van der Waals surface area contributed by atoms with E-state index in [9.17, 15) is 13.2 Å². The number of hydrogen-bond donors (Lipinski definition) is 2. The Hall–Kier alpha value is -1.44. The summed E-state index contributed by atoms with van der Waals surface area (Å²) in [5, 5.41) is 7.86. The summed E-state index contributed by atoms with van der Waals surface area (Å²) >= 11 is 0. The van der Waals surface area contributed by atoms with E-state index in [2.05, 4.69) is 17.1 Å². The van der Waals surface area contributed by atoms with E-state index >= 15 is 0 Å². The molecule has 22 heavy (non-hydrogen) atoms. The first-order valence-electron chi connectivity index (χ1n) is 7.45. The lowest BCUT2D eigenvalue weighted by Crippen LogP contribution is -2.45. The number of sulfonamides is 1. The third-order valence-electron chi connectivity index (χ3n) is 4.18. The molecule has 1 fully saturated rings. The number of nitrogens with two attached hydrogens (primary N) is 1. The lowest BCUT2D eigenvalue weighted by molar-refractivity contribution is -0.121. The Bertz CT molecular complexity index is 637. The molecule has 2 rings (SSSR count). The van der Waals surface area contributed by atoms with Crippen LogP contribution in [0.15, 0.2) is 29.2 Å². The highest BCUT2D eigenvalue weighted by Crippen LogP contribution is 2.19. The zero-order valence-corrected chi connectivity index (χ0v) is 13.8. The first-order valence-corrected chi connectivity index (χ1v) is 9.00. The van der Waals surface area contributed by atoms with Gasteiger partial charge in [0.25, 0.3) is 0 Å². The van der Waals surface area contributed by atoms with Crippen LogP contribution in [-0.2, 0) is 14.8 Å². The molecule has 1 aromatic rings. The molecule has 1 saturated heterocycles. The maximum absolute atomic E-state index is 12.3. The number of carbonyl (C=O) groups is 1. The van der Waals surface area contributed by atoms with Crippen molar-refractivity contribution in [1.82, 2.24) is 4.90 Å². The van der Waals surface area contributed by atoms with Crippen LogP contribution in [-0.4, -0.2) is 38.4 Å². The highest BCUT2D eigenvalue weighted by atomic mass is 32.2. The number of primary sulfonamides is 1. The van der Waals surface area contributed by atoms with Gasteiger partial charge in [0, 0.05) is 5.69 Å². The summed E-state index contributed by atoms with van der Waals surface area (Å²) in [6, 6.07) is 5.74. The average Bonchev–Trinajstić information content (AvgIpc) is 2.46. The molecule has 0 saturated carbocycles. The summed E-state index contributed by atoms with van der Waals surface area (Å²) in [5.74, 6) is 0.569. The van der Waals surface area contributed by atoms with E-state index in [1.54, 1.807) is 12.1 Å². The summed E-state index contributed by atoms with van der Waals surface area (Å²) in [7, 11) is -3.77. The Morgan fingerprint density at radius 1 is 1.36 bits per heavy atom. The second-order valence-corrected chi connectivity index (χ2v) is 7.52. The van der Waals surface area contributed by atoms with Crippen LogP contribution in [0.1, 0.15) is 26.7 Å². The molecular weight excluding hydrogens is 302 g/mol. The predicted molar refractivity (Wildman–Crippen MR) is 85.9 cm³/mol. The smallest absolute Gasteiger partial charge is 0.241 e. The van der Waals surface area contributed by atoms with Crippen LogP contribution in [0, 0.1) is 5.92 Å². The molecule has 1 aliphatic heterocycles. The van der Waals surface area contributed by atoms with E-state index in [1.165, 1.54) is 12.1 Å². The van der Waals surface area contributed by atoms with Gasteiger partial charge in [-0.05, 0) is 57.0 Å². The summed E-state index contributed by atoms with van der Waals surface area (Å²) in [4.78, 5) is 14.5. The van der Waals surface area contributed by atoms with Crippen LogP contribution in [0.3, 0.4) is 0 Å². The van der Waals surface area contributed by atoms with Gasteiger partial charge in [0.2, 0.25) is 15.9 Å². The minimum atomic E-state index is -3.77. The van der Waals surface area contributed by atoms with Gasteiger partial charge in [0.1, 0.15) is 0 Å². The Kier molecular flexibility index (Phi) is 5.20. The molecule has 1 amide bonds. The molecule has 1 aliphatic rings. The lowest BCUT2D eigenvalue weighted by Gasteiger charge is -2.34. The minimum Gasteiger partial charge on any atom is -0.325 e. The molecule has 7 heteroatoms. The molecule has 0 spiro atoms. The maximum Gasteiger partial charge on any atom is 0.241 e. The van der Waals surface area contributed by atoms with Crippen molar-refractivity contribution in [2.75, 3.05) is 18.4 Å². The quantitative estimate of drug-likeness (QED) is 0.875. The number of nitrogens with one attached hydrogen (secondary N) is 1. The Labute approximate surface area is 131 Å². The average molecular weight is 325 g/mol. The molecule has 0 unspecified atom stereocenters. The van der Waals surface area contributed by atoms with E-state index in [0.29, 0.717) is 11.6 Å². The third-order valence-corrected chi connectivity index (χ3v) is 5.09. The van der Waals surface area contributed by atoms with Gasteiger partial charge in [-0.25, -0.2) is 13.6 Å². The summed E-state index contributed by atoms with van der Waals surface area (Å²) in [6.45, 7) is 5.91. The van der Waals surface area contributed by atoms with Crippen LogP contribution in [0.5, 0.6) is 0 Å². The lowest BCUT2D eigenvalue weighted by atomic mass is 9.98. The van der Waals surface area contributed by atoms with Gasteiger partial charge >= 0.3 is 0 Å². The number of amides is 1. The molecule has 6 nitrogen and oxygen atoms in total. The molecule has 0 bridgehead atoms. The van der Waals surface area contributed by atoms with Gasteiger partial charge in [0.05, 0.1) is 10.9 Å². The van der Waals surface area contributed by atoms with Gasteiger partial charge in [-0.2, -0.15) is 0 Å². The molecule has 122 valence electrons. The number of anilines is 1. The second-order valence-electron chi connectivity index (χ2n) is 5.96. The molecule has 0 radical (unpaired) electrons. The number of nitrogens with zero attached hydrogens (tertiary/aromatic N) is 1. The van der Waals surface area contributed by atoms with Gasteiger partial charge in [0.15, 0.2) is 0 Å². The minimum absolute atomic E-state index is 0.00949. The molecule has 1 heterocycles. The number of likely N-dealkylation sites (tertiary alicyclic amines) is 1. The topological polar surface area (TPSA) is 92.5 Å². The van der Waals surface area contributed by atoms with Crippen LogP contribution in [0.25, 0.3) is 0 Å². The van der Waals surface area contributed by atoms with Crippen molar-refractivity contribution >= 4 is 21.6 Å². The van der Waals surface area contributed by atoms with Crippen molar-refractivity contribution in [3.05, 3.63) is 24.3 Å². The van der Waals surface area contributed by atoms with Crippen molar-refractivity contribution in [1.29, 1.82) is 0 Å². The first kappa shape index (κ1) is 16.9. The zero-order valence-electron chi connectivity index (χ0n) is 13.0. The van der Waals surface area contributed by atoms with Crippen LogP contribution >= 0.6 is 0 Å². The van der Waals surface area contributed by atoms with Crippen molar-refractivity contribution in [2.45, 2.75) is 37.6 Å². The fourth-order valence-corrected chi connectivity index (χ4v) is 3.14. The number of carbonyl (C=O) groups excluding carboxylic acids is 1. The second kappa shape index (κ2) is 6.76. The fourth-order valence-electron chi connectivity index (χ4n) is 2.58. The highest BCUT2D eigenvalue weighted by molar-refractivity contribution is 7.89. The molecule has 0 aromatic heterocycles. The fraction of sp³-hybridized carbons (Fsp3) is 0.533. The van der Waals surface area contributed by atoms with E-state index in [-0.39, 0.29) is 16.8 Å². The van der Waals surface area contributed by atoms with Crippen LogP contribution in [0.2, 0.25) is 0 Å². The van der Waals surface area contributed by atoms with E-state index < -0.39 is 10.0 Å². The van der Waals surface area contributed by atoms with Gasteiger partial charge in [-0.3, -0.25) is 9.69 Å².